The summed E-state index contributed by atoms with van der Waals surface area (Å²) in [6, 6.07) is 0. The van der Waals surface area contributed by atoms with Crippen LogP contribution >= 0.6 is 0 Å². The fraction of sp³-hybridized carbons (Fsp3) is 1.00. The van der Waals surface area contributed by atoms with Crippen molar-refractivity contribution in [3.05, 3.63) is 0 Å². The molecule has 98 valence electrons. The number of aliphatic hydroxyl groups is 1. The van der Waals surface area contributed by atoms with Gasteiger partial charge in [0.15, 0.2) is 0 Å². The minimum Gasteiger partial charge on any atom is -0.392 e. The fourth-order valence-electron chi connectivity index (χ4n) is 1.31. The molecule has 0 aliphatic carbocycles. The van der Waals surface area contributed by atoms with Gasteiger partial charge in [-0.3, -0.25) is 0 Å². The lowest BCUT2D eigenvalue weighted by atomic mass is 10.1. The van der Waals surface area contributed by atoms with E-state index in [1.165, 1.54) is 0 Å². The Morgan fingerprint density at radius 2 is 1.69 bits per heavy atom. The lowest BCUT2D eigenvalue weighted by Crippen LogP contribution is -2.34. The lowest BCUT2D eigenvalue weighted by Gasteiger charge is -2.14. The summed E-state index contributed by atoms with van der Waals surface area (Å²) in [6.45, 7) is 8.10. The third-order valence-corrected chi connectivity index (χ3v) is 3.63. The van der Waals surface area contributed by atoms with Gasteiger partial charge in [-0.05, 0) is 24.7 Å². The molecule has 0 amide bonds. The zero-order valence-corrected chi connectivity index (χ0v) is 11.5. The Morgan fingerprint density at radius 1 is 1.12 bits per heavy atom. The van der Waals surface area contributed by atoms with Crippen molar-refractivity contribution in [3.8, 4) is 0 Å². The van der Waals surface area contributed by atoms with Crippen molar-refractivity contribution >= 4 is 10.0 Å². The maximum atomic E-state index is 11.5. The molecule has 0 aromatic carbocycles. The van der Waals surface area contributed by atoms with Crippen LogP contribution in [0.5, 0.6) is 0 Å². The Morgan fingerprint density at radius 3 is 2.12 bits per heavy atom. The van der Waals surface area contributed by atoms with Crippen LogP contribution in [0.4, 0.5) is 0 Å². The first-order chi connectivity index (χ1) is 7.23. The molecule has 2 N–H and O–H groups in total. The van der Waals surface area contributed by atoms with Crippen LogP contribution < -0.4 is 4.72 Å². The van der Waals surface area contributed by atoms with Crippen LogP contribution in [0.15, 0.2) is 0 Å². The summed E-state index contributed by atoms with van der Waals surface area (Å²) in [4.78, 5) is 0. The van der Waals surface area contributed by atoms with E-state index in [4.69, 9.17) is 0 Å². The summed E-state index contributed by atoms with van der Waals surface area (Å²) in [6.07, 6.45) is 0.677. The van der Waals surface area contributed by atoms with Crippen molar-refractivity contribution in [2.24, 2.45) is 11.8 Å². The van der Waals surface area contributed by atoms with E-state index >= 15 is 0 Å². The molecule has 0 rings (SSSR count). The molecular formula is C11H25NO3S. The number of hydrogen-bond donors (Lipinski definition) is 2. The maximum absolute atomic E-state index is 11.5. The van der Waals surface area contributed by atoms with Crippen LogP contribution in [0, 0.1) is 11.8 Å². The maximum Gasteiger partial charge on any atom is 0.211 e. The molecule has 1 unspecified atom stereocenters. The highest BCUT2D eigenvalue weighted by atomic mass is 32.2. The molecule has 1 atom stereocenters. The smallest absolute Gasteiger partial charge is 0.211 e. The van der Waals surface area contributed by atoms with Crippen molar-refractivity contribution in [2.45, 2.75) is 46.6 Å². The third kappa shape index (κ3) is 9.12. The third-order valence-electron chi connectivity index (χ3n) is 2.25. The molecule has 0 aromatic rings. The molecule has 0 bridgehead atoms. The van der Waals surface area contributed by atoms with Crippen LogP contribution in [0.2, 0.25) is 0 Å². The Hall–Kier alpha value is -0.130. The highest BCUT2D eigenvalue weighted by Gasteiger charge is 2.14. The first kappa shape index (κ1) is 15.9. The number of nitrogens with one attached hydrogen (secondary N) is 1. The second kappa shape index (κ2) is 7.25. The Bertz CT molecular complexity index is 273. The average Bonchev–Trinajstić information content (AvgIpc) is 2.11. The summed E-state index contributed by atoms with van der Waals surface area (Å²) in [5, 5.41) is 9.53. The Kier molecular flexibility index (Phi) is 7.19. The molecule has 0 radical (unpaired) electrons. The van der Waals surface area contributed by atoms with Gasteiger partial charge in [0, 0.05) is 6.54 Å². The van der Waals surface area contributed by atoms with E-state index in [-0.39, 0.29) is 12.3 Å². The zero-order chi connectivity index (χ0) is 12.8. The van der Waals surface area contributed by atoms with Crippen molar-refractivity contribution in [2.75, 3.05) is 12.3 Å². The first-order valence-electron chi connectivity index (χ1n) is 5.88. The minimum absolute atomic E-state index is 0.124. The molecule has 0 saturated carbocycles. The van der Waals surface area contributed by atoms with Gasteiger partial charge in [-0.25, -0.2) is 13.1 Å². The van der Waals surface area contributed by atoms with Gasteiger partial charge in [0.05, 0.1) is 11.9 Å². The van der Waals surface area contributed by atoms with Crippen LogP contribution in [-0.2, 0) is 10.0 Å². The summed E-state index contributed by atoms with van der Waals surface area (Å²) in [7, 11) is -3.22. The minimum atomic E-state index is -3.22. The van der Waals surface area contributed by atoms with E-state index < -0.39 is 16.1 Å². The molecule has 0 heterocycles. The van der Waals surface area contributed by atoms with Crippen molar-refractivity contribution in [1.82, 2.24) is 4.72 Å². The van der Waals surface area contributed by atoms with Gasteiger partial charge in [-0.2, -0.15) is 0 Å². The van der Waals surface area contributed by atoms with Crippen LogP contribution in [0.1, 0.15) is 40.5 Å². The van der Waals surface area contributed by atoms with Gasteiger partial charge in [-0.15, -0.1) is 0 Å². The molecule has 4 nitrogen and oxygen atoms in total. The number of rotatable bonds is 8. The van der Waals surface area contributed by atoms with Crippen LogP contribution in [-0.4, -0.2) is 31.9 Å². The van der Waals surface area contributed by atoms with Gasteiger partial charge in [0.2, 0.25) is 10.0 Å². The van der Waals surface area contributed by atoms with Gasteiger partial charge >= 0.3 is 0 Å². The van der Waals surface area contributed by atoms with Gasteiger partial charge < -0.3 is 5.11 Å². The Labute approximate surface area is 99.5 Å². The van der Waals surface area contributed by atoms with Crippen molar-refractivity contribution in [1.29, 1.82) is 0 Å². The predicted molar refractivity (Wildman–Crippen MR) is 66.7 cm³/mol. The highest BCUT2D eigenvalue weighted by Crippen LogP contribution is 2.05. The van der Waals surface area contributed by atoms with E-state index in [1.807, 2.05) is 27.7 Å². The topological polar surface area (TPSA) is 66.4 Å². The first-order valence-corrected chi connectivity index (χ1v) is 7.53. The van der Waals surface area contributed by atoms with Crippen molar-refractivity contribution in [3.63, 3.8) is 0 Å². The Balaban J connectivity index is 3.90. The van der Waals surface area contributed by atoms with Crippen LogP contribution in [0.3, 0.4) is 0 Å². The molecule has 0 aliphatic rings. The van der Waals surface area contributed by atoms with E-state index in [0.29, 0.717) is 24.7 Å². The number of sulfonamides is 1. The van der Waals surface area contributed by atoms with Gasteiger partial charge in [0.1, 0.15) is 0 Å². The summed E-state index contributed by atoms with van der Waals surface area (Å²) >= 11 is 0. The highest BCUT2D eigenvalue weighted by molar-refractivity contribution is 7.89. The number of hydrogen-bond acceptors (Lipinski definition) is 3. The number of aliphatic hydroxyl groups excluding tert-OH is 1. The SMILES string of the molecule is CC(C)CCS(=O)(=O)NCC(O)CC(C)C. The molecule has 0 aromatic heterocycles. The predicted octanol–water partition coefficient (Wildman–Crippen LogP) is 1.36. The summed E-state index contributed by atoms with van der Waals surface area (Å²) in [5.74, 6) is 0.881. The monoisotopic (exact) mass is 251 g/mol. The summed E-state index contributed by atoms with van der Waals surface area (Å²) in [5.41, 5.74) is 0. The lowest BCUT2D eigenvalue weighted by molar-refractivity contribution is 0.152. The van der Waals surface area contributed by atoms with E-state index in [2.05, 4.69) is 4.72 Å². The molecule has 0 saturated heterocycles. The standard InChI is InChI=1S/C11H25NO3S/c1-9(2)5-6-16(14,15)12-8-11(13)7-10(3)4/h9-13H,5-8H2,1-4H3. The average molecular weight is 251 g/mol. The normalized spacial score (nSPS) is 14.7. The van der Waals surface area contributed by atoms with Gasteiger partial charge in [0.25, 0.3) is 0 Å². The molecular weight excluding hydrogens is 226 g/mol. The van der Waals surface area contributed by atoms with Gasteiger partial charge in [-0.1, -0.05) is 27.7 Å². The van der Waals surface area contributed by atoms with E-state index in [0.717, 1.165) is 0 Å². The largest absolute Gasteiger partial charge is 0.392 e. The summed E-state index contributed by atoms with van der Waals surface area (Å²) < 4.78 is 25.4. The molecule has 0 fully saturated rings. The van der Waals surface area contributed by atoms with Crippen LogP contribution in [0.25, 0.3) is 0 Å². The second-order valence-electron chi connectivity index (χ2n) is 5.13. The molecule has 5 heteroatoms. The molecule has 16 heavy (non-hydrogen) atoms. The van der Waals surface area contributed by atoms with Crippen molar-refractivity contribution < 1.29 is 13.5 Å². The van der Waals surface area contributed by atoms with E-state index in [9.17, 15) is 13.5 Å². The quantitative estimate of drug-likeness (QED) is 0.684. The zero-order valence-electron chi connectivity index (χ0n) is 10.7. The fourth-order valence-corrected chi connectivity index (χ4v) is 2.69. The second-order valence-corrected chi connectivity index (χ2v) is 7.06. The molecule has 0 spiro atoms. The molecule has 0 aliphatic heterocycles. The van der Waals surface area contributed by atoms with E-state index in [1.54, 1.807) is 0 Å².